The molecule has 2 rings (SSSR count). The van der Waals surface area contributed by atoms with Crippen molar-refractivity contribution in [2.24, 2.45) is 5.73 Å². The van der Waals surface area contributed by atoms with Crippen LogP contribution in [-0.2, 0) is 4.74 Å². The maximum absolute atomic E-state index is 11.7. The lowest BCUT2D eigenvalue weighted by Gasteiger charge is -2.22. The number of hydrogen-bond acceptors (Lipinski definition) is 4. The summed E-state index contributed by atoms with van der Waals surface area (Å²) in [6.07, 6.45) is -0.368. The minimum Gasteiger partial charge on any atom is -0.492 e. The first-order valence-corrected chi connectivity index (χ1v) is 5.65. The highest BCUT2D eigenvalue weighted by Crippen LogP contribution is 2.32. The third kappa shape index (κ3) is 2.19. The molecule has 1 unspecified atom stereocenters. The fraction of sp³-hybridized carbons (Fsp3) is 0.417. The number of amides is 1. The number of nitrogens with two attached hydrogens (primary N) is 1. The number of anilines is 1. The highest BCUT2D eigenvalue weighted by atomic mass is 16.6. The van der Waals surface area contributed by atoms with E-state index in [1.165, 1.54) is 0 Å². The normalized spacial score (nSPS) is 19.3. The molecule has 0 saturated carbocycles. The van der Waals surface area contributed by atoms with E-state index in [0.29, 0.717) is 31.2 Å². The molecule has 1 atom stereocenters. The van der Waals surface area contributed by atoms with E-state index < -0.39 is 0 Å². The standard InChI is InChI=1S/C12H16N2O3/c1-2-16-11-6-4-3-5-10(11)14-9(7-13)8-17-12(14)15/h3-6,9H,2,7-8,13H2,1H3. The summed E-state index contributed by atoms with van der Waals surface area (Å²) in [5.74, 6) is 0.673. The van der Waals surface area contributed by atoms with Crippen LogP contribution in [-0.4, -0.2) is 31.9 Å². The predicted octanol–water partition coefficient (Wildman–Crippen LogP) is 1.37. The van der Waals surface area contributed by atoms with Crippen molar-refractivity contribution in [2.75, 3.05) is 24.7 Å². The van der Waals surface area contributed by atoms with E-state index in [-0.39, 0.29) is 12.1 Å². The largest absolute Gasteiger partial charge is 0.492 e. The molecule has 1 heterocycles. The molecule has 1 saturated heterocycles. The highest BCUT2D eigenvalue weighted by Gasteiger charge is 2.34. The van der Waals surface area contributed by atoms with Crippen molar-refractivity contribution in [1.82, 2.24) is 0 Å². The summed E-state index contributed by atoms with van der Waals surface area (Å²) in [7, 11) is 0. The van der Waals surface area contributed by atoms with Crippen LogP contribution < -0.4 is 15.4 Å². The lowest BCUT2D eigenvalue weighted by molar-refractivity contribution is 0.179. The number of benzene rings is 1. The molecule has 0 bridgehead atoms. The summed E-state index contributed by atoms with van der Waals surface area (Å²) in [5, 5.41) is 0. The molecule has 0 aliphatic carbocycles. The van der Waals surface area contributed by atoms with Crippen molar-refractivity contribution < 1.29 is 14.3 Å². The maximum Gasteiger partial charge on any atom is 0.414 e. The van der Waals surface area contributed by atoms with Crippen molar-refractivity contribution in [2.45, 2.75) is 13.0 Å². The zero-order valence-electron chi connectivity index (χ0n) is 9.76. The summed E-state index contributed by atoms with van der Waals surface area (Å²) >= 11 is 0. The second kappa shape index (κ2) is 5.05. The van der Waals surface area contributed by atoms with Crippen LogP contribution in [0.4, 0.5) is 10.5 Å². The summed E-state index contributed by atoms with van der Waals surface area (Å²) < 4.78 is 10.5. The van der Waals surface area contributed by atoms with Crippen molar-refractivity contribution in [3.63, 3.8) is 0 Å². The zero-order chi connectivity index (χ0) is 12.3. The van der Waals surface area contributed by atoms with Crippen LogP contribution in [0.2, 0.25) is 0 Å². The van der Waals surface area contributed by atoms with Gasteiger partial charge in [0.25, 0.3) is 0 Å². The second-order valence-corrected chi connectivity index (χ2v) is 3.74. The Morgan fingerprint density at radius 2 is 2.29 bits per heavy atom. The molecular formula is C12H16N2O3. The van der Waals surface area contributed by atoms with E-state index in [9.17, 15) is 4.79 Å². The molecule has 1 aliphatic rings. The van der Waals surface area contributed by atoms with E-state index in [1.54, 1.807) is 4.90 Å². The molecule has 1 aromatic rings. The van der Waals surface area contributed by atoms with Gasteiger partial charge >= 0.3 is 6.09 Å². The Morgan fingerprint density at radius 1 is 1.53 bits per heavy atom. The molecule has 1 aliphatic heterocycles. The Kier molecular flexibility index (Phi) is 3.49. The Labute approximate surface area is 100 Å². The van der Waals surface area contributed by atoms with Gasteiger partial charge in [-0.2, -0.15) is 0 Å². The lowest BCUT2D eigenvalue weighted by Crippen LogP contribution is -2.39. The number of carbonyl (C=O) groups excluding carboxylic acids is 1. The van der Waals surface area contributed by atoms with E-state index >= 15 is 0 Å². The average Bonchev–Trinajstić information content (AvgIpc) is 2.72. The number of para-hydroxylation sites is 2. The quantitative estimate of drug-likeness (QED) is 0.857. The van der Waals surface area contributed by atoms with Gasteiger partial charge in [-0.3, -0.25) is 4.90 Å². The Morgan fingerprint density at radius 3 is 3.00 bits per heavy atom. The molecule has 5 nitrogen and oxygen atoms in total. The third-order valence-electron chi connectivity index (χ3n) is 2.66. The van der Waals surface area contributed by atoms with Crippen molar-refractivity contribution in [1.29, 1.82) is 0 Å². The monoisotopic (exact) mass is 236 g/mol. The van der Waals surface area contributed by atoms with Crippen molar-refractivity contribution >= 4 is 11.8 Å². The molecule has 17 heavy (non-hydrogen) atoms. The van der Waals surface area contributed by atoms with Crippen LogP contribution in [0.3, 0.4) is 0 Å². The number of nitrogens with zero attached hydrogens (tertiary/aromatic N) is 1. The molecule has 1 fully saturated rings. The highest BCUT2D eigenvalue weighted by molar-refractivity contribution is 5.92. The molecule has 1 amide bonds. The number of ether oxygens (including phenoxy) is 2. The smallest absolute Gasteiger partial charge is 0.414 e. The van der Waals surface area contributed by atoms with Gasteiger partial charge in [-0.05, 0) is 19.1 Å². The molecule has 5 heteroatoms. The van der Waals surface area contributed by atoms with Gasteiger partial charge in [-0.15, -0.1) is 0 Å². The van der Waals surface area contributed by atoms with Crippen molar-refractivity contribution in [3.05, 3.63) is 24.3 Å². The van der Waals surface area contributed by atoms with Crippen LogP contribution in [0.1, 0.15) is 6.92 Å². The second-order valence-electron chi connectivity index (χ2n) is 3.74. The average molecular weight is 236 g/mol. The molecule has 2 N–H and O–H groups in total. The third-order valence-corrected chi connectivity index (χ3v) is 2.66. The van der Waals surface area contributed by atoms with Crippen LogP contribution >= 0.6 is 0 Å². The minimum absolute atomic E-state index is 0.121. The first-order valence-electron chi connectivity index (χ1n) is 5.65. The van der Waals surface area contributed by atoms with Gasteiger partial charge in [-0.25, -0.2) is 4.79 Å². The number of rotatable bonds is 4. The molecule has 1 aromatic carbocycles. The predicted molar refractivity (Wildman–Crippen MR) is 64.3 cm³/mol. The summed E-state index contributed by atoms with van der Waals surface area (Å²) in [5.41, 5.74) is 6.35. The minimum atomic E-state index is -0.368. The number of hydrogen-bond donors (Lipinski definition) is 1. The molecular weight excluding hydrogens is 220 g/mol. The zero-order valence-corrected chi connectivity index (χ0v) is 9.76. The van der Waals surface area contributed by atoms with Crippen LogP contribution in [0.5, 0.6) is 5.75 Å². The van der Waals surface area contributed by atoms with Gasteiger partial charge in [0.1, 0.15) is 12.4 Å². The molecule has 0 radical (unpaired) electrons. The number of carbonyl (C=O) groups is 1. The molecule has 0 aromatic heterocycles. The maximum atomic E-state index is 11.7. The molecule has 92 valence electrons. The summed E-state index contributed by atoms with van der Waals surface area (Å²) in [4.78, 5) is 13.3. The van der Waals surface area contributed by atoms with Gasteiger partial charge in [-0.1, -0.05) is 12.1 Å². The van der Waals surface area contributed by atoms with E-state index in [1.807, 2.05) is 31.2 Å². The van der Waals surface area contributed by atoms with Gasteiger partial charge < -0.3 is 15.2 Å². The van der Waals surface area contributed by atoms with Crippen LogP contribution in [0, 0.1) is 0 Å². The summed E-state index contributed by atoms with van der Waals surface area (Å²) in [6.45, 7) is 3.15. The van der Waals surface area contributed by atoms with Gasteiger partial charge in [0.15, 0.2) is 0 Å². The first-order chi connectivity index (χ1) is 8.27. The fourth-order valence-corrected chi connectivity index (χ4v) is 1.86. The number of cyclic esters (lactones) is 1. The Balaban J connectivity index is 2.34. The van der Waals surface area contributed by atoms with E-state index in [4.69, 9.17) is 15.2 Å². The molecule has 0 spiro atoms. The van der Waals surface area contributed by atoms with E-state index in [2.05, 4.69) is 0 Å². The van der Waals surface area contributed by atoms with E-state index in [0.717, 1.165) is 0 Å². The van der Waals surface area contributed by atoms with Gasteiger partial charge in [0, 0.05) is 6.54 Å². The van der Waals surface area contributed by atoms with Crippen LogP contribution in [0.15, 0.2) is 24.3 Å². The lowest BCUT2D eigenvalue weighted by atomic mass is 10.2. The Bertz CT molecular complexity index is 408. The first kappa shape index (κ1) is 11.7. The summed E-state index contributed by atoms with van der Waals surface area (Å²) in [6, 6.07) is 7.27. The topological polar surface area (TPSA) is 64.8 Å². The van der Waals surface area contributed by atoms with Gasteiger partial charge in [0.2, 0.25) is 0 Å². The van der Waals surface area contributed by atoms with Gasteiger partial charge in [0.05, 0.1) is 18.3 Å². The SMILES string of the molecule is CCOc1ccccc1N1C(=O)OCC1CN. The fourth-order valence-electron chi connectivity index (χ4n) is 1.86. The van der Waals surface area contributed by atoms with Crippen molar-refractivity contribution in [3.8, 4) is 5.75 Å². The van der Waals surface area contributed by atoms with Crippen LogP contribution in [0.25, 0.3) is 0 Å². The Hall–Kier alpha value is -1.75.